The zero-order valence-corrected chi connectivity index (χ0v) is 18.8. The Bertz CT molecular complexity index is 1360. The lowest BCUT2D eigenvalue weighted by molar-refractivity contribution is -0.137. The molecular formula is C25H22F3N5O2. The van der Waals surface area contributed by atoms with Crippen LogP contribution < -0.4 is 15.0 Å². The van der Waals surface area contributed by atoms with Crippen LogP contribution in [0.2, 0.25) is 0 Å². The Morgan fingerprint density at radius 1 is 1.06 bits per heavy atom. The van der Waals surface area contributed by atoms with Crippen LogP contribution in [-0.4, -0.2) is 40.6 Å². The molecule has 7 nitrogen and oxygen atoms in total. The number of ether oxygens (including phenoxy) is 1. The lowest BCUT2D eigenvalue weighted by Crippen LogP contribution is -2.37. The zero-order chi connectivity index (χ0) is 24.6. The number of hydrogen-bond acceptors (Lipinski definition) is 5. The summed E-state index contributed by atoms with van der Waals surface area (Å²) in [5, 5.41) is 3.03. The number of pyridine rings is 2. The number of methoxy groups -OCH3 is 1. The topological polar surface area (TPSA) is 72.3 Å². The lowest BCUT2D eigenvalue weighted by atomic mass is 10.2. The molecule has 1 aromatic carbocycles. The van der Waals surface area contributed by atoms with E-state index in [4.69, 9.17) is 4.74 Å². The van der Waals surface area contributed by atoms with Crippen LogP contribution >= 0.6 is 0 Å². The predicted octanol–water partition coefficient (Wildman–Crippen LogP) is 4.97. The molecule has 4 heterocycles. The van der Waals surface area contributed by atoms with Crippen molar-refractivity contribution in [3.05, 3.63) is 77.7 Å². The number of nitrogens with zero attached hydrogens (tertiary/aromatic N) is 4. The number of rotatable bonds is 6. The summed E-state index contributed by atoms with van der Waals surface area (Å²) in [5.74, 6) is 1.04. The normalized spacial score (nSPS) is 13.5. The van der Waals surface area contributed by atoms with E-state index in [1.54, 1.807) is 36.1 Å². The summed E-state index contributed by atoms with van der Waals surface area (Å²) in [6.07, 6.45) is -1.05. The van der Waals surface area contributed by atoms with Gasteiger partial charge >= 0.3 is 6.18 Å². The van der Waals surface area contributed by atoms with Crippen molar-refractivity contribution in [2.45, 2.75) is 19.1 Å². The van der Waals surface area contributed by atoms with Gasteiger partial charge in [0.25, 0.3) is 5.91 Å². The van der Waals surface area contributed by atoms with Gasteiger partial charge in [-0.25, -0.2) is 9.97 Å². The minimum atomic E-state index is -4.54. The monoisotopic (exact) mass is 481 g/mol. The van der Waals surface area contributed by atoms with Gasteiger partial charge in [0.05, 0.1) is 24.6 Å². The maximum absolute atomic E-state index is 13.3. The molecule has 5 rings (SSSR count). The highest BCUT2D eigenvalue weighted by molar-refractivity contribution is 6.06. The van der Waals surface area contributed by atoms with Crippen molar-refractivity contribution in [2.75, 3.05) is 30.4 Å². The molecule has 1 aliphatic heterocycles. The molecule has 0 atom stereocenters. The van der Waals surface area contributed by atoms with E-state index >= 15 is 0 Å². The second kappa shape index (κ2) is 8.94. The largest absolute Gasteiger partial charge is 0.497 e. The summed E-state index contributed by atoms with van der Waals surface area (Å²) in [5.41, 5.74) is 0.924. The summed E-state index contributed by atoms with van der Waals surface area (Å²) >= 11 is 0. The standard InChI is InChI=1S/C25H22F3N5O2/c1-35-20-6-3-16(4-7-20)15-33-21(12-17-11-18(25(26,27)28)13-30-23(17)33)24(34)31-19-5-8-22(29-14-19)32-9-2-10-32/h3-8,11-14H,2,9-10,15H2,1H3,(H,31,34). The predicted molar refractivity (Wildman–Crippen MR) is 126 cm³/mol. The summed E-state index contributed by atoms with van der Waals surface area (Å²) in [6.45, 7) is 2.15. The zero-order valence-electron chi connectivity index (χ0n) is 18.8. The molecule has 1 fully saturated rings. The van der Waals surface area contributed by atoms with Gasteiger partial charge in [-0.2, -0.15) is 13.2 Å². The van der Waals surface area contributed by atoms with Gasteiger partial charge < -0.3 is 19.5 Å². The fraction of sp³-hybridized carbons (Fsp3) is 0.240. The summed E-state index contributed by atoms with van der Waals surface area (Å²) in [7, 11) is 1.56. The van der Waals surface area contributed by atoms with Crippen LogP contribution in [-0.2, 0) is 12.7 Å². The number of amides is 1. The summed E-state index contributed by atoms with van der Waals surface area (Å²) in [6, 6.07) is 13.2. The number of carbonyl (C=O) groups is 1. The first-order chi connectivity index (χ1) is 16.8. The average Bonchev–Trinajstić information content (AvgIpc) is 3.17. The molecule has 10 heteroatoms. The first-order valence-corrected chi connectivity index (χ1v) is 11.0. The SMILES string of the molecule is COc1ccc(Cn2c(C(=O)Nc3ccc(N4CCC4)nc3)cc3cc(C(F)(F)F)cnc32)cc1. The lowest BCUT2D eigenvalue weighted by Gasteiger charge is -2.31. The molecule has 0 unspecified atom stereocenters. The highest BCUT2D eigenvalue weighted by Gasteiger charge is 2.32. The van der Waals surface area contributed by atoms with Gasteiger partial charge in [0, 0.05) is 31.2 Å². The Balaban J connectivity index is 1.48. The average molecular weight is 481 g/mol. The van der Waals surface area contributed by atoms with Crippen molar-refractivity contribution >= 4 is 28.4 Å². The van der Waals surface area contributed by atoms with Crippen LogP contribution in [0.1, 0.15) is 28.0 Å². The molecule has 180 valence electrons. The minimum Gasteiger partial charge on any atom is -0.497 e. The number of hydrogen-bond donors (Lipinski definition) is 1. The van der Waals surface area contributed by atoms with Crippen LogP contribution in [0.4, 0.5) is 24.7 Å². The molecule has 4 aromatic rings. The van der Waals surface area contributed by atoms with E-state index in [0.717, 1.165) is 43.2 Å². The third-order valence-electron chi connectivity index (χ3n) is 5.98. The van der Waals surface area contributed by atoms with E-state index in [1.807, 2.05) is 18.2 Å². The second-order valence-electron chi connectivity index (χ2n) is 8.30. The Kier molecular flexibility index (Phi) is 5.80. The fourth-order valence-corrected chi connectivity index (χ4v) is 3.95. The third-order valence-corrected chi connectivity index (χ3v) is 5.98. The van der Waals surface area contributed by atoms with Crippen molar-refractivity contribution in [3.8, 4) is 5.75 Å². The molecule has 35 heavy (non-hydrogen) atoms. The van der Waals surface area contributed by atoms with Gasteiger partial charge in [0.2, 0.25) is 0 Å². The van der Waals surface area contributed by atoms with E-state index in [9.17, 15) is 18.0 Å². The fourth-order valence-electron chi connectivity index (χ4n) is 3.95. The van der Waals surface area contributed by atoms with Gasteiger partial charge in [0.15, 0.2) is 0 Å². The number of alkyl halides is 3. The van der Waals surface area contributed by atoms with Crippen molar-refractivity contribution in [3.63, 3.8) is 0 Å². The van der Waals surface area contributed by atoms with Crippen molar-refractivity contribution in [2.24, 2.45) is 0 Å². The second-order valence-corrected chi connectivity index (χ2v) is 8.30. The van der Waals surface area contributed by atoms with E-state index in [2.05, 4.69) is 20.2 Å². The molecular weight excluding hydrogens is 459 g/mol. The molecule has 1 saturated heterocycles. The number of halogens is 3. The molecule has 1 aliphatic rings. The maximum atomic E-state index is 13.3. The van der Waals surface area contributed by atoms with Crippen molar-refractivity contribution in [1.29, 1.82) is 0 Å². The number of aromatic nitrogens is 3. The van der Waals surface area contributed by atoms with Crippen molar-refractivity contribution < 1.29 is 22.7 Å². The minimum absolute atomic E-state index is 0.189. The van der Waals surface area contributed by atoms with E-state index in [-0.39, 0.29) is 23.3 Å². The number of anilines is 2. The number of fused-ring (bicyclic) bond motifs is 1. The maximum Gasteiger partial charge on any atom is 0.417 e. The Morgan fingerprint density at radius 3 is 2.43 bits per heavy atom. The first-order valence-electron chi connectivity index (χ1n) is 11.0. The van der Waals surface area contributed by atoms with Crippen LogP contribution in [0.5, 0.6) is 5.75 Å². The Morgan fingerprint density at radius 2 is 1.83 bits per heavy atom. The Hall–Kier alpha value is -4.08. The number of benzene rings is 1. The van der Waals surface area contributed by atoms with Crippen LogP contribution in [0.3, 0.4) is 0 Å². The highest BCUT2D eigenvalue weighted by atomic mass is 19.4. The molecule has 0 radical (unpaired) electrons. The van der Waals surface area contributed by atoms with E-state index < -0.39 is 17.6 Å². The van der Waals surface area contributed by atoms with Crippen molar-refractivity contribution in [1.82, 2.24) is 14.5 Å². The van der Waals surface area contributed by atoms with Gasteiger partial charge in [0.1, 0.15) is 22.9 Å². The molecule has 0 spiro atoms. The molecule has 0 bridgehead atoms. The smallest absolute Gasteiger partial charge is 0.417 e. The van der Waals surface area contributed by atoms with Gasteiger partial charge in [-0.15, -0.1) is 0 Å². The van der Waals surface area contributed by atoms with Crippen LogP contribution in [0, 0.1) is 0 Å². The summed E-state index contributed by atoms with van der Waals surface area (Å²) < 4.78 is 46.6. The number of carbonyl (C=O) groups excluding carboxylic acids is 1. The highest BCUT2D eigenvalue weighted by Crippen LogP contribution is 2.32. The third kappa shape index (κ3) is 4.64. The number of nitrogens with one attached hydrogen (secondary N) is 1. The molecule has 1 amide bonds. The van der Waals surface area contributed by atoms with Crippen LogP contribution in [0.15, 0.2) is 60.9 Å². The van der Waals surface area contributed by atoms with Gasteiger partial charge in [-0.1, -0.05) is 12.1 Å². The molecule has 3 aromatic heterocycles. The van der Waals surface area contributed by atoms with Gasteiger partial charge in [-0.05, 0) is 48.4 Å². The molecule has 1 N–H and O–H groups in total. The quantitative estimate of drug-likeness (QED) is 0.421. The van der Waals surface area contributed by atoms with Crippen LogP contribution in [0.25, 0.3) is 11.0 Å². The molecule has 0 saturated carbocycles. The molecule has 0 aliphatic carbocycles. The first kappa shape index (κ1) is 22.7. The van der Waals surface area contributed by atoms with E-state index in [0.29, 0.717) is 11.4 Å². The van der Waals surface area contributed by atoms with Gasteiger partial charge in [-0.3, -0.25) is 4.79 Å². The van der Waals surface area contributed by atoms with E-state index in [1.165, 1.54) is 6.07 Å². The summed E-state index contributed by atoms with van der Waals surface area (Å²) in [4.78, 5) is 23.8. The Labute approximate surface area is 199 Å².